The summed E-state index contributed by atoms with van der Waals surface area (Å²) in [4.78, 5) is 26.9. The van der Waals surface area contributed by atoms with Crippen molar-refractivity contribution in [3.8, 4) is 5.75 Å². The smallest absolute Gasteiger partial charge is 0.319 e. The Hall–Kier alpha value is -4.13. The Kier molecular flexibility index (Phi) is 6.60. The molecule has 3 aromatic carbocycles. The van der Waals surface area contributed by atoms with Gasteiger partial charge in [-0.15, -0.1) is 0 Å². The minimum atomic E-state index is -0.653. The first-order valence-electron chi connectivity index (χ1n) is 11.3. The molecule has 0 unspecified atom stereocenters. The molecule has 0 atom stereocenters. The highest BCUT2D eigenvalue weighted by molar-refractivity contribution is 5.99. The Bertz CT molecular complexity index is 1300. The van der Waals surface area contributed by atoms with E-state index in [2.05, 4.69) is 17.2 Å². The summed E-state index contributed by atoms with van der Waals surface area (Å²) in [5.41, 5.74) is 3.57. The SMILES string of the molecule is C=C(C)c1cccc(C(C)(C)NC(=O)Nc2ccc3c(c2)N(Cc2ccccc2F)C(=O)CO3)c1. The van der Waals surface area contributed by atoms with E-state index in [1.54, 1.807) is 36.4 Å². The number of amides is 3. The normalized spacial score (nSPS) is 13.0. The van der Waals surface area contributed by atoms with Gasteiger partial charge in [-0.25, -0.2) is 9.18 Å². The van der Waals surface area contributed by atoms with Crippen LogP contribution < -0.4 is 20.3 Å². The molecule has 6 nitrogen and oxygen atoms in total. The molecule has 0 fully saturated rings. The number of fused-ring (bicyclic) bond motifs is 1. The maximum absolute atomic E-state index is 14.2. The van der Waals surface area contributed by atoms with Crippen LogP contribution in [0, 0.1) is 5.82 Å². The van der Waals surface area contributed by atoms with E-state index in [-0.39, 0.29) is 24.9 Å². The molecule has 0 saturated heterocycles. The molecule has 0 aromatic heterocycles. The highest BCUT2D eigenvalue weighted by atomic mass is 19.1. The summed E-state index contributed by atoms with van der Waals surface area (Å²) in [5, 5.41) is 5.82. The molecule has 1 aliphatic heterocycles. The molecule has 4 rings (SSSR count). The van der Waals surface area contributed by atoms with Crippen molar-refractivity contribution in [2.24, 2.45) is 0 Å². The van der Waals surface area contributed by atoms with E-state index in [4.69, 9.17) is 4.74 Å². The largest absolute Gasteiger partial charge is 0.482 e. The van der Waals surface area contributed by atoms with Crippen LogP contribution in [0.1, 0.15) is 37.5 Å². The fourth-order valence-corrected chi connectivity index (χ4v) is 3.94. The molecule has 1 heterocycles. The average molecular weight is 474 g/mol. The first-order chi connectivity index (χ1) is 16.6. The second-order valence-corrected chi connectivity index (χ2v) is 9.11. The molecule has 180 valence electrons. The van der Waals surface area contributed by atoms with Gasteiger partial charge in [0.05, 0.1) is 17.8 Å². The van der Waals surface area contributed by atoms with Crippen molar-refractivity contribution < 1.29 is 18.7 Å². The van der Waals surface area contributed by atoms with Gasteiger partial charge < -0.3 is 20.3 Å². The van der Waals surface area contributed by atoms with E-state index in [0.29, 0.717) is 22.7 Å². The van der Waals surface area contributed by atoms with Crippen molar-refractivity contribution >= 4 is 28.9 Å². The highest BCUT2D eigenvalue weighted by Crippen LogP contribution is 2.36. The molecule has 3 aromatic rings. The lowest BCUT2D eigenvalue weighted by Crippen LogP contribution is -2.43. The topological polar surface area (TPSA) is 70.7 Å². The van der Waals surface area contributed by atoms with Crippen molar-refractivity contribution in [2.75, 3.05) is 16.8 Å². The number of nitrogens with one attached hydrogen (secondary N) is 2. The predicted molar refractivity (Wildman–Crippen MR) is 136 cm³/mol. The number of halogens is 1. The number of ether oxygens (including phenoxy) is 1. The van der Waals surface area contributed by atoms with Crippen molar-refractivity contribution in [1.29, 1.82) is 0 Å². The minimum absolute atomic E-state index is 0.0591. The highest BCUT2D eigenvalue weighted by Gasteiger charge is 2.28. The van der Waals surface area contributed by atoms with Gasteiger partial charge in [-0.3, -0.25) is 4.79 Å². The molecule has 7 heteroatoms. The van der Waals surface area contributed by atoms with E-state index in [1.807, 2.05) is 45.0 Å². The lowest BCUT2D eigenvalue weighted by atomic mass is 9.92. The van der Waals surface area contributed by atoms with E-state index in [9.17, 15) is 14.0 Å². The van der Waals surface area contributed by atoms with Gasteiger partial charge in [-0.2, -0.15) is 0 Å². The second-order valence-electron chi connectivity index (χ2n) is 9.11. The number of rotatable bonds is 6. The third kappa shape index (κ3) is 5.35. The van der Waals surface area contributed by atoms with Gasteiger partial charge in [0, 0.05) is 11.3 Å². The summed E-state index contributed by atoms with van der Waals surface area (Å²) in [7, 11) is 0. The fourth-order valence-electron chi connectivity index (χ4n) is 3.94. The summed E-state index contributed by atoms with van der Waals surface area (Å²) in [6.45, 7) is 9.68. The fraction of sp³-hybridized carbons (Fsp3) is 0.214. The third-order valence-corrected chi connectivity index (χ3v) is 5.95. The minimum Gasteiger partial charge on any atom is -0.482 e. The zero-order chi connectivity index (χ0) is 25.2. The molecule has 35 heavy (non-hydrogen) atoms. The average Bonchev–Trinajstić information content (AvgIpc) is 2.82. The maximum atomic E-state index is 14.2. The number of hydrogen-bond acceptors (Lipinski definition) is 3. The van der Waals surface area contributed by atoms with Gasteiger partial charge in [0.25, 0.3) is 5.91 Å². The molecule has 2 N–H and O–H groups in total. The van der Waals surface area contributed by atoms with E-state index in [0.717, 1.165) is 16.7 Å². The standard InChI is InChI=1S/C28H28FN3O3/c1-18(2)19-9-7-10-21(14-19)28(3,4)31-27(34)30-22-12-13-25-24(15-22)32(26(33)17-35-25)16-20-8-5-6-11-23(20)29/h5-15H,1,16-17H2,2-4H3,(H2,30,31,34). The Morgan fingerprint density at radius 3 is 2.63 bits per heavy atom. The first kappa shape index (κ1) is 24.0. The molecule has 0 aliphatic carbocycles. The van der Waals surface area contributed by atoms with Crippen LogP contribution in [0.2, 0.25) is 0 Å². The van der Waals surface area contributed by atoms with Crippen molar-refractivity contribution in [3.05, 3.63) is 95.8 Å². The van der Waals surface area contributed by atoms with Crippen molar-refractivity contribution in [2.45, 2.75) is 32.9 Å². The van der Waals surface area contributed by atoms with Crippen LogP contribution in [0.3, 0.4) is 0 Å². The molecule has 0 radical (unpaired) electrons. The monoisotopic (exact) mass is 473 g/mol. The molecular formula is C28H28FN3O3. The Labute approximate surface area is 204 Å². The van der Waals surface area contributed by atoms with Gasteiger partial charge in [-0.1, -0.05) is 48.6 Å². The number of carbonyl (C=O) groups excluding carboxylic acids is 2. The van der Waals surface area contributed by atoms with Gasteiger partial charge in [0.15, 0.2) is 6.61 Å². The van der Waals surface area contributed by atoms with Gasteiger partial charge in [0.1, 0.15) is 11.6 Å². The summed E-state index contributed by atoms with van der Waals surface area (Å²) in [6, 6.07) is 18.8. The summed E-state index contributed by atoms with van der Waals surface area (Å²) < 4.78 is 19.8. The van der Waals surface area contributed by atoms with Crippen LogP contribution in [0.15, 0.2) is 73.3 Å². The predicted octanol–water partition coefficient (Wildman–Crippen LogP) is 5.84. The number of carbonyl (C=O) groups is 2. The summed E-state index contributed by atoms with van der Waals surface area (Å²) in [6.07, 6.45) is 0. The number of allylic oxidation sites excluding steroid dienone is 1. The second kappa shape index (κ2) is 9.62. The zero-order valence-corrected chi connectivity index (χ0v) is 20.0. The lowest BCUT2D eigenvalue weighted by Gasteiger charge is -2.30. The Balaban J connectivity index is 1.53. The number of anilines is 2. The third-order valence-electron chi connectivity index (χ3n) is 5.95. The zero-order valence-electron chi connectivity index (χ0n) is 20.0. The first-order valence-corrected chi connectivity index (χ1v) is 11.3. The molecule has 0 bridgehead atoms. The van der Waals surface area contributed by atoms with E-state index in [1.165, 1.54) is 11.0 Å². The van der Waals surface area contributed by atoms with Crippen molar-refractivity contribution in [3.63, 3.8) is 0 Å². The van der Waals surface area contributed by atoms with Crippen LogP contribution in [-0.4, -0.2) is 18.5 Å². The number of benzene rings is 3. The van der Waals surface area contributed by atoms with E-state index >= 15 is 0 Å². The van der Waals surface area contributed by atoms with Crippen LogP contribution >= 0.6 is 0 Å². The van der Waals surface area contributed by atoms with Crippen LogP contribution in [0.5, 0.6) is 5.75 Å². The molecule has 1 aliphatic rings. The Morgan fingerprint density at radius 1 is 1.11 bits per heavy atom. The molecule has 0 spiro atoms. The quantitative estimate of drug-likeness (QED) is 0.472. The number of nitrogens with zero attached hydrogens (tertiary/aromatic N) is 1. The van der Waals surface area contributed by atoms with Crippen LogP contribution in [0.25, 0.3) is 5.57 Å². The summed E-state index contributed by atoms with van der Waals surface area (Å²) >= 11 is 0. The lowest BCUT2D eigenvalue weighted by molar-refractivity contribution is -0.121. The molecule has 0 saturated carbocycles. The van der Waals surface area contributed by atoms with E-state index < -0.39 is 11.6 Å². The molecular weight excluding hydrogens is 445 g/mol. The van der Waals surface area contributed by atoms with Crippen LogP contribution in [0.4, 0.5) is 20.6 Å². The van der Waals surface area contributed by atoms with Crippen LogP contribution in [-0.2, 0) is 16.9 Å². The maximum Gasteiger partial charge on any atom is 0.319 e. The molecule has 3 amide bonds. The number of hydrogen-bond donors (Lipinski definition) is 2. The summed E-state index contributed by atoms with van der Waals surface area (Å²) in [5.74, 6) is -0.190. The number of urea groups is 1. The van der Waals surface area contributed by atoms with Gasteiger partial charge >= 0.3 is 6.03 Å². The Morgan fingerprint density at radius 2 is 1.89 bits per heavy atom. The van der Waals surface area contributed by atoms with Gasteiger partial charge in [-0.05, 0) is 62.2 Å². The van der Waals surface area contributed by atoms with Crippen molar-refractivity contribution in [1.82, 2.24) is 5.32 Å². The van der Waals surface area contributed by atoms with Gasteiger partial charge in [0.2, 0.25) is 0 Å².